The summed E-state index contributed by atoms with van der Waals surface area (Å²) in [5.41, 5.74) is 0.940. The molecule has 2 aliphatic rings. The summed E-state index contributed by atoms with van der Waals surface area (Å²) in [6.45, 7) is 8.25. The molecular weight excluding hydrogens is 204 g/mol. The van der Waals surface area contributed by atoms with E-state index in [4.69, 9.17) is 0 Å². The predicted molar refractivity (Wildman–Crippen MR) is 76.0 cm³/mol. The van der Waals surface area contributed by atoms with E-state index in [1.165, 1.54) is 70.6 Å². The largest absolute Gasteiger partial charge is 0.103 e. The van der Waals surface area contributed by atoms with Gasteiger partial charge in [0.05, 0.1) is 0 Å². The minimum absolute atomic E-state index is 0.430. The van der Waals surface area contributed by atoms with Crippen molar-refractivity contribution in [3.05, 3.63) is 25.3 Å². The maximum atomic E-state index is 4.22. The summed E-state index contributed by atoms with van der Waals surface area (Å²) < 4.78 is 0. The first-order valence-corrected chi connectivity index (χ1v) is 7.53. The summed E-state index contributed by atoms with van der Waals surface area (Å²) in [7, 11) is 0. The predicted octanol–water partition coefficient (Wildman–Crippen LogP) is 5.65. The Morgan fingerprint density at radius 1 is 0.765 bits per heavy atom. The van der Waals surface area contributed by atoms with E-state index >= 15 is 0 Å². The average Bonchev–Trinajstić information content (AvgIpc) is 2.41. The van der Waals surface area contributed by atoms with Crippen molar-refractivity contribution in [3.63, 3.8) is 0 Å². The molecule has 0 N–H and O–H groups in total. The van der Waals surface area contributed by atoms with Crippen LogP contribution in [0.25, 0.3) is 0 Å². The number of hydrogen-bond acceptors (Lipinski definition) is 0. The molecule has 0 radical (unpaired) electrons. The summed E-state index contributed by atoms with van der Waals surface area (Å²) >= 11 is 0. The van der Waals surface area contributed by atoms with Crippen molar-refractivity contribution in [2.75, 3.05) is 0 Å². The molecular formula is C17H28. The van der Waals surface area contributed by atoms with Gasteiger partial charge in [0.15, 0.2) is 0 Å². The molecule has 96 valence electrons. The first kappa shape index (κ1) is 12.9. The fraction of sp³-hybridized carbons (Fsp3) is 0.765. The van der Waals surface area contributed by atoms with Crippen molar-refractivity contribution in [1.82, 2.24) is 0 Å². The zero-order valence-corrected chi connectivity index (χ0v) is 11.3. The number of rotatable bonds is 4. The second kappa shape index (κ2) is 5.42. The Bertz CT molecular complexity index is 262. The van der Waals surface area contributed by atoms with Crippen molar-refractivity contribution in [3.8, 4) is 0 Å². The van der Waals surface area contributed by atoms with Gasteiger partial charge < -0.3 is 0 Å². The van der Waals surface area contributed by atoms with Crippen LogP contribution >= 0.6 is 0 Å². The molecule has 0 nitrogen and oxygen atoms in total. The van der Waals surface area contributed by atoms with Gasteiger partial charge in [-0.15, -0.1) is 13.2 Å². The van der Waals surface area contributed by atoms with Crippen LogP contribution in [0.2, 0.25) is 0 Å². The topological polar surface area (TPSA) is 0 Å². The van der Waals surface area contributed by atoms with E-state index in [-0.39, 0.29) is 0 Å². The SMILES string of the molecule is C=CCC1(C2(C=C)CCCCC2)CCCCC1. The first-order chi connectivity index (χ1) is 8.29. The number of allylic oxidation sites excluding steroid dienone is 2. The lowest BCUT2D eigenvalue weighted by Crippen LogP contribution is -2.43. The Kier molecular flexibility index (Phi) is 4.12. The smallest absolute Gasteiger partial charge is 0.00615 e. The van der Waals surface area contributed by atoms with Crippen LogP contribution < -0.4 is 0 Å². The molecule has 0 heteroatoms. The normalized spacial score (nSPS) is 27.3. The van der Waals surface area contributed by atoms with Gasteiger partial charge in [0.1, 0.15) is 0 Å². The Morgan fingerprint density at radius 3 is 1.76 bits per heavy atom. The maximum Gasteiger partial charge on any atom is -0.00615 e. The molecule has 0 amide bonds. The summed E-state index contributed by atoms with van der Waals surface area (Å²) in [5, 5.41) is 0. The molecule has 0 saturated heterocycles. The van der Waals surface area contributed by atoms with Crippen LogP contribution in [-0.2, 0) is 0 Å². The molecule has 0 aromatic carbocycles. The molecule has 0 aromatic heterocycles. The molecule has 2 fully saturated rings. The highest BCUT2D eigenvalue weighted by Gasteiger charge is 2.48. The van der Waals surface area contributed by atoms with Crippen molar-refractivity contribution in [2.24, 2.45) is 10.8 Å². The second-order valence-electron chi connectivity index (χ2n) is 6.25. The Labute approximate surface area is 107 Å². The van der Waals surface area contributed by atoms with Gasteiger partial charge in [0, 0.05) is 0 Å². The van der Waals surface area contributed by atoms with E-state index in [9.17, 15) is 0 Å². The zero-order chi connectivity index (χ0) is 12.2. The third kappa shape index (κ3) is 2.23. The van der Waals surface area contributed by atoms with Gasteiger partial charge in [-0.3, -0.25) is 0 Å². The van der Waals surface area contributed by atoms with Gasteiger partial charge in [-0.1, -0.05) is 50.7 Å². The standard InChI is InChI=1S/C17H28/c1-3-11-17(14-9-6-10-15-17)16(4-2)12-7-5-8-13-16/h3-4H,1-2,5-15H2. The van der Waals surface area contributed by atoms with Gasteiger partial charge >= 0.3 is 0 Å². The third-order valence-electron chi connectivity index (χ3n) is 5.54. The molecule has 0 bridgehead atoms. The van der Waals surface area contributed by atoms with Crippen molar-refractivity contribution >= 4 is 0 Å². The summed E-state index contributed by atoms with van der Waals surface area (Å²) in [5.74, 6) is 0. The second-order valence-corrected chi connectivity index (χ2v) is 6.25. The molecule has 0 aliphatic heterocycles. The Hall–Kier alpha value is -0.520. The lowest BCUT2D eigenvalue weighted by Gasteiger charge is -2.53. The van der Waals surface area contributed by atoms with Crippen molar-refractivity contribution in [2.45, 2.75) is 70.6 Å². The van der Waals surface area contributed by atoms with E-state index in [1.54, 1.807) is 0 Å². The molecule has 17 heavy (non-hydrogen) atoms. The van der Waals surface area contributed by atoms with E-state index in [1.807, 2.05) is 0 Å². The fourth-order valence-electron chi connectivity index (χ4n) is 4.54. The highest BCUT2D eigenvalue weighted by molar-refractivity contribution is 5.10. The van der Waals surface area contributed by atoms with Crippen LogP contribution in [0.1, 0.15) is 70.6 Å². The van der Waals surface area contributed by atoms with Crippen LogP contribution in [0.5, 0.6) is 0 Å². The lowest BCUT2D eigenvalue weighted by molar-refractivity contribution is 0.00721. The highest BCUT2D eigenvalue weighted by atomic mass is 14.5. The molecule has 0 spiro atoms. The molecule has 2 aliphatic carbocycles. The van der Waals surface area contributed by atoms with Gasteiger partial charge in [-0.2, -0.15) is 0 Å². The summed E-state index contributed by atoms with van der Waals surface area (Å²) in [6.07, 6.45) is 19.8. The van der Waals surface area contributed by atoms with Crippen molar-refractivity contribution < 1.29 is 0 Å². The van der Waals surface area contributed by atoms with E-state index < -0.39 is 0 Å². The lowest BCUT2D eigenvalue weighted by atomic mass is 9.51. The van der Waals surface area contributed by atoms with Crippen LogP contribution in [0.4, 0.5) is 0 Å². The van der Waals surface area contributed by atoms with Gasteiger partial charge in [-0.25, -0.2) is 0 Å². The Morgan fingerprint density at radius 2 is 1.29 bits per heavy atom. The molecule has 0 atom stereocenters. The average molecular weight is 232 g/mol. The van der Waals surface area contributed by atoms with Crippen LogP contribution in [-0.4, -0.2) is 0 Å². The van der Waals surface area contributed by atoms with E-state index in [2.05, 4.69) is 25.3 Å². The van der Waals surface area contributed by atoms with Gasteiger partial charge in [0.25, 0.3) is 0 Å². The monoisotopic (exact) mass is 232 g/mol. The minimum Gasteiger partial charge on any atom is -0.103 e. The van der Waals surface area contributed by atoms with Gasteiger partial charge in [-0.05, 0) is 42.9 Å². The molecule has 0 unspecified atom stereocenters. The molecule has 0 heterocycles. The van der Waals surface area contributed by atoms with Crippen LogP contribution in [0.15, 0.2) is 25.3 Å². The highest BCUT2D eigenvalue weighted by Crippen LogP contribution is 2.59. The van der Waals surface area contributed by atoms with Crippen LogP contribution in [0, 0.1) is 10.8 Å². The zero-order valence-electron chi connectivity index (χ0n) is 11.3. The van der Waals surface area contributed by atoms with E-state index in [0.717, 1.165) is 0 Å². The molecule has 2 saturated carbocycles. The molecule has 2 rings (SSSR count). The molecule has 0 aromatic rings. The number of hydrogen-bond donors (Lipinski definition) is 0. The minimum atomic E-state index is 0.430. The van der Waals surface area contributed by atoms with Crippen molar-refractivity contribution in [1.29, 1.82) is 0 Å². The van der Waals surface area contributed by atoms with Gasteiger partial charge in [0.2, 0.25) is 0 Å². The summed E-state index contributed by atoms with van der Waals surface area (Å²) in [6, 6.07) is 0. The fourth-order valence-corrected chi connectivity index (χ4v) is 4.54. The maximum absolute atomic E-state index is 4.22. The third-order valence-corrected chi connectivity index (χ3v) is 5.54. The van der Waals surface area contributed by atoms with Crippen LogP contribution in [0.3, 0.4) is 0 Å². The first-order valence-electron chi connectivity index (χ1n) is 7.53. The van der Waals surface area contributed by atoms with E-state index in [0.29, 0.717) is 10.8 Å². The quantitative estimate of drug-likeness (QED) is 0.549. The summed E-state index contributed by atoms with van der Waals surface area (Å²) in [4.78, 5) is 0. The Balaban J connectivity index is 2.27.